The lowest BCUT2D eigenvalue weighted by Crippen LogP contribution is -2.36. The second kappa shape index (κ2) is 6.62. The molecule has 0 bridgehead atoms. The highest BCUT2D eigenvalue weighted by molar-refractivity contribution is 5.90. The van der Waals surface area contributed by atoms with E-state index in [4.69, 9.17) is 9.47 Å². The lowest BCUT2D eigenvalue weighted by molar-refractivity contribution is 0.0601. The Morgan fingerprint density at radius 1 is 0.955 bits per heavy atom. The van der Waals surface area contributed by atoms with E-state index in [0.29, 0.717) is 5.56 Å². The minimum atomic E-state index is -0.311. The molecule has 2 aromatic rings. The average Bonchev–Trinajstić information content (AvgIpc) is 2.62. The van der Waals surface area contributed by atoms with E-state index in [2.05, 4.69) is 29.2 Å². The Balaban J connectivity index is 1.76. The zero-order chi connectivity index (χ0) is 15.4. The number of methoxy groups -OCH3 is 1. The van der Waals surface area contributed by atoms with Gasteiger partial charge < -0.3 is 14.4 Å². The number of carbonyl (C=O) groups is 1. The Bertz CT molecular complexity index is 628. The number of hydrogen-bond acceptors (Lipinski definition) is 4. The van der Waals surface area contributed by atoms with Gasteiger partial charge in [-0.3, -0.25) is 0 Å². The highest BCUT2D eigenvalue weighted by Gasteiger charge is 2.11. The third-order valence-electron chi connectivity index (χ3n) is 3.88. The van der Waals surface area contributed by atoms with Crippen LogP contribution in [0.15, 0.2) is 48.5 Å². The Kier molecular flexibility index (Phi) is 4.39. The van der Waals surface area contributed by atoms with Crippen molar-refractivity contribution in [2.75, 3.05) is 38.3 Å². The maximum atomic E-state index is 11.4. The minimum absolute atomic E-state index is 0.311. The van der Waals surface area contributed by atoms with E-state index in [0.717, 1.165) is 37.4 Å². The Hall–Kier alpha value is -2.33. The Morgan fingerprint density at radius 3 is 2.05 bits per heavy atom. The van der Waals surface area contributed by atoms with Crippen LogP contribution in [-0.2, 0) is 9.47 Å². The average molecular weight is 297 g/mol. The maximum Gasteiger partial charge on any atom is 0.337 e. The standard InChI is InChI=1S/C18H19NO3/c1-21-18(20)16-4-2-14(3-5-16)15-6-8-17(9-7-15)19-10-12-22-13-11-19/h2-9H,10-13H2,1H3. The molecule has 3 rings (SSSR count). The molecule has 1 aliphatic rings. The summed E-state index contributed by atoms with van der Waals surface area (Å²) in [7, 11) is 1.39. The summed E-state index contributed by atoms with van der Waals surface area (Å²) in [6.07, 6.45) is 0. The van der Waals surface area contributed by atoms with Crippen molar-refractivity contribution in [3.8, 4) is 11.1 Å². The molecule has 0 amide bonds. The summed E-state index contributed by atoms with van der Waals surface area (Å²) < 4.78 is 10.1. The summed E-state index contributed by atoms with van der Waals surface area (Å²) in [5.74, 6) is -0.311. The molecule has 0 atom stereocenters. The largest absolute Gasteiger partial charge is 0.465 e. The van der Waals surface area contributed by atoms with E-state index >= 15 is 0 Å². The fraction of sp³-hybridized carbons (Fsp3) is 0.278. The summed E-state index contributed by atoms with van der Waals surface area (Å²) in [6.45, 7) is 3.45. The predicted molar refractivity (Wildman–Crippen MR) is 86.2 cm³/mol. The number of anilines is 1. The van der Waals surface area contributed by atoms with Crippen molar-refractivity contribution >= 4 is 11.7 Å². The van der Waals surface area contributed by atoms with Crippen LogP contribution in [0.5, 0.6) is 0 Å². The third-order valence-corrected chi connectivity index (χ3v) is 3.88. The molecular weight excluding hydrogens is 278 g/mol. The number of morpholine rings is 1. The molecule has 0 saturated carbocycles. The van der Waals surface area contributed by atoms with Gasteiger partial charge >= 0.3 is 5.97 Å². The van der Waals surface area contributed by atoms with Gasteiger partial charge in [-0.15, -0.1) is 0 Å². The van der Waals surface area contributed by atoms with Crippen LogP contribution in [0.3, 0.4) is 0 Å². The van der Waals surface area contributed by atoms with E-state index in [1.807, 2.05) is 12.1 Å². The fourth-order valence-electron chi connectivity index (χ4n) is 2.60. The molecule has 1 aliphatic heterocycles. The smallest absolute Gasteiger partial charge is 0.337 e. The Labute approximate surface area is 130 Å². The summed E-state index contributed by atoms with van der Waals surface area (Å²) in [5.41, 5.74) is 4.00. The molecule has 0 N–H and O–H groups in total. The van der Waals surface area contributed by atoms with Crippen LogP contribution in [0.25, 0.3) is 11.1 Å². The predicted octanol–water partition coefficient (Wildman–Crippen LogP) is 2.98. The molecule has 0 spiro atoms. The highest BCUT2D eigenvalue weighted by atomic mass is 16.5. The molecule has 4 nitrogen and oxygen atoms in total. The van der Waals surface area contributed by atoms with Crippen LogP contribution >= 0.6 is 0 Å². The first-order valence-electron chi connectivity index (χ1n) is 7.39. The number of ether oxygens (including phenoxy) is 2. The second-order valence-electron chi connectivity index (χ2n) is 5.22. The quantitative estimate of drug-likeness (QED) is 0.816. The molecule has 1 fully saturated rings. The van der Waals surface area contributed by atoms with Gasteiger partial charge in [-0.1, -0.05) is 24.3 Å². The SMILES string of the molecule is COC(=O)c1ccc(-c2ccc(N3CCOCC3)cc2)cc1. The van der Waals surface area contributed by atoms with Crippen molar-refractivity contribution in [2.45, 2.75) is 0 Å². The van der Waals surface area contributed by atoms with Crippen molar-refractivity contribution in [3.63, 3.8) is 0 Å². The zero-order valence-corrected chi connectivity index (χ0v) is 12.6. The summed E-state index contributed by atoms with van der Waals surface area (Å²) in [6, 6.07) is 15.9. The topological polar surface area (TPSA) is 38.8 Å². The number of rotatable bonds is 3. The minimum Gasteiger partial charge on any atom is -0.465 e. The van der Waals surface area contributed by atoms with Gasteiger partial charge in [-0.05, 0) is 35.4 Å². The first-order valence-corrected chi connectivity index (χ1v) is 7.39. The first-order chi connectivity index (χ1) is 10.8. The van der Waals surface area contributed by atoms with E-state index < -0.39 is 0 Å². The van der Waals surface area contributed by atoms with E-state index in [-0.39, 0.29) is 5.97 Å². The molecule has 0 aliphatic carbocycles. The third kappa shape index (κ3) is 3.12. The molecule has 1 saturated heterocycles. The number of nitrogens with zero attached hydrogens (tertiary/aromatic N) is 1. The lowest BCUT2D eigenvalue weighted by atomic mass is 10.0. The Morgan fingerprint density at radius 2 is 1.50 bits per heavy atom. The van der Waals surface area contributed by atoms with Gasteiger partial charge in [0, 0.05) is 18.8 Å². The van der Waals surface area contributed by atoms with Crippen molar-refractivity contribution in [2.24, 2.45) is 0 Å². The van der Waals surface area contributed by atoms with Crippen LogP contribution in [0.2, 0.25) is 0 Å². The van der Waals surface area contributed by atoms with Gasteiger partial charge in [0.15, 0.2) is 0 Å². The van der Waals surface area contributed by atoms with Crippen LogP contribution < -0.4 is 4.90 Å². The molecule has 2 aromatic carbocycles. The molecule has 4 heteroatoms. The molecule has 0 unspecified atom stereocenters. The number of hydrogen-bond donors (Lipinski definition) is 0. The van der Waals surface area contributed by atoms with Crippen LogP contribution in [0, 0.1) is 0 Å². The molecular formula is C18H19NO3. The van der Waals surface area contributed by atoms with Crippen LogP contribution in [0.4, 0.5) is 5.69 Å². The van der Waals surface area contributed by atoms with Gasteiger partial charge in [0.25, 0.3) is 0 Å². The molecule has 0 radical (unpaired) electrons. The highest BCUT2D eigenvalue weighted by Crippen LogP contribution is 2.24. The van der Waals surface area contributed by atoms with Gasteiger partial charge in [0.1, 0.15) is 0 Å². The van der Waals surface area contributed by atoms with Crippen LogP contribution in [-0.4, -0.2) is 39.4 Å². The normalized spacial score (nSPS) is 14.7. The molecule has 114 valence electrons. The second-order valence-corrected chi connectivity index (χ2v) is 5.22. The number of benzene rings is 2. The van der Waals surface area contributed by atoms with Crippen LogP contribution in [0.1, 0.15) is 10.4 Å². The van der Waals surface area contributed by atoms with Crippen molar-refractivity contribution < 1.29 is 14.3 Å². The fourth-order valence-corrected chi connectivity index (χ4v) is 2.60. The summed E-state index contributed by atoms with van der Waals surface area (Å²) in [5, 5.41) is 0. The van der Waals surface area contributed by atoms with E-state index in [9.17, 15) is 4.79 Å². The van der Waals surface area contributed by atoms with Crippen molar-refractivity contribution in [1.29, 1.82) is 0 Å². The number of carbonyl (C=O) groups excluding carboxylic acids is 1. The van der Waals surface area contributed by atoms with Gasteiger partial charge in [0.2, 0.25) is 0 Å². The lowest BCUT2D eigenvalue weighted by Gasteiger charge is -2.28. The van der Waals surface area contributed by atoms with Gasteiger partial charge in [-0.2, -0.15) is 0 Å². The monoisotopic (exact) mass is 297 g/mol. The summed E-state index contributed by atoms with van der Waals surface area (Å²) >= 11 is 0. The van der Waals surface area contributed by atoms with E-state index in [1.165, 1.54) is 12.8 Å². The zero-order valence-electron chi connectivity index (χ0n) is 12.6. The molecule has 1 heterocycles. The summed E-state index contributed by atoms with van der Waals surface area (Å²) in [4.78, 5) is 13.8. The van der Waals surface area contributed by atoms with Crippen molar-refractivity contribution in [3.05, 3.63) is 54.1 Å². The molecule has 0 aromatic heterocycles. The number of esters is 1. The van der Waals surface area contributed by atoms with Gasteiger partial charge in [0.05, 0.1) is 25.9 Å². The van der Waals surface area contributed by atoms with E-state index in [1.54, 1.807) is 12.1 Å². The first kappa shape index (κ1) is 14.6. The molecule has 22 heavy (non-hydrogen) atoms. The van der Waals surface area contributed by atoms with Gasteiger partial charge in [-0.25, -0.2) is 4.79 Å². The maximum absolute atomic E-state index is 11.4. The van der Waals surface area contributed by atoms with Crippen molar-refractivity contribution in [1.82, 2.24) is 0 Å².